The zero-order chi connectivity index (χ0) is 8.60. The molecule has 0 aliphatic carbocycles. The normalized spacial score (nSPS) is 20.3. The Balaban J connectivity index is 2.06. The van der Waals surface area contributed by atoms with E-state index in [1.165, 1.54) is 0 Å². The number of nitrogens with zero attached hydrogens (tertiary/aromatic N) is 2. The van der Waals surface area contributed by atoms with Crippen molar-refractivity contribution in [1.29, 1.82) is 0 Å². The third-order valence-electron chi connectivity index (χ3n) is 2.08. The monoisotopic (exact) mass is 163 g/mol. The van der Waals surface area contributed by atoms with E-state index in [0.717, 1.165) is 18.9 Å². The third-order valence-corrected chi connectivity index (χ3v) is 2.08. The van der Waals surface area contributed by atoms with Crippen LogP contribution in [0.2, 0.25) is 0 Å². The summed E-state index contributed by atoms with van der Waals surface area (Å²) in [6.07, 6.45) is 1.81. The molecule has 1 fully saturated rings. The van der Waals surface area contributed by atoms with Crippen LogP contribution in [0.1, 0.15) is 6.92 Å². The topological polar surface area (TPSA) is 42.1 Å². The van der Waals surface area contributed by atoms with Gasteiger partial charge in [-0.2, -0.15) is 0 Å². The van der Waals surface area contributed by atoms with E-state index in [1.54, 1.807) is 0 Å². The second kappa shape index (κ2) is 2.45. The lowest BCUT2D eigenvalue weighted by atomic mass is 9.94. The number of rotatable bonds is 1. The van der Waals surface area contributed by atoms with E-state index < -0.39 is 0 Å². The third kappa shape index (κ3) is 1.28. The summed E-state index contributed by atoms with van der Waals surface area (Å²) < 4.78 is 0. The van der Waals surface area contributed by atoms with Gasteiger partial charge in [0, 0.05) is 24.8 Å². The van der Waals surface area contributed by atoms with Gasteiger partial charge < -0.3 is 10.6 Å². The second-order valence-corrected chi connectivity index (χ2v) is 3.70. The predicted octanol–water partition coefficient (Wildman–Crippen LogP) is 0.619. The van der Waals surface area contributed by atoms with Gasteiger partial charge in [0.15, 0.2) is 0 Å². The summed E-state index contributed by atoms with van der Waals surface area (Å²) in [6, 6.07) is 5.93. The molecule has 2 heterocycles. The van der Waals surface area contributed by atoms with Crippen LogP contribution < -0.4 is 10.6 Å². The van der Waals surface area contributed by atoms with Gasteiger partial charge in [-0.1, -0.05) is 6.07 Å². The van der Waals surface area contributed by atoms with Crippen molar-refractivity contribution in [2.45, 2.75) is 12.5 Å². The molecule has 64 valence electrons. The fourth-order valence-electron chi connectivity index (χ4n) is 1.53. The number of pyridine rings is 1. The molecule has 1 saturated heterocycles. The molecule has 3 nitrogen and oxygen atoms in total. The van der Waals surface area contributed by atoms with Gasteiger partial charge in [0.1, 0.15) is 5.82 Å². The van der Waals surface area contributed by atoms with Crippen molar-refractivity contribution in [3.05, 3.63) is 24.4 Å². The Morgan fingerprint density at radius 1 is 1.50 bits per heavy atom. The predicted molar refractivity (Wildman–Crippen MR) is 49.0 cm³/mol. The molecule has 0 amide bonds. The number of hydrogen-bond acceptors (Lipinski definition) is 3. The molecule has 0 unspecified atom stereocenters. The molecule has 1 aromatic rings. The molecule has 1 aliphatic rings. The molecule has 3 heteroatoms. The van der Waals surface area contributed by atoms with Crippen LogP contribution in [0.3, 0.4) is 0 Å². The lowest BCUT2D eigenvalue weighted by molar-refractivity contribution is 0.363. The van der Waals surface area contributed by atoms with Crippen LogP contribution in [-0.4, -0.2) is 23.6 Å². The maximum atomic E-state index is 5.88. The van der Waals surface area contributed by atoms with Gasteiger partial charge in [-0.3, -0.25) is 0 Å². The molecule has 2 N–H and O–H groups in total. The first-order valence-corrected chi connectivity index (χ1v) is 4.12. The molecule has 12 heavy (non-hydrogen) atoms. The summed E-state index contributed by atoms with van der Waals surface area (Å²) in [4.78, 5) is 6.42. The highest BCUT2D eigenvalue weighted by Gasteiger charge is 2.35. The fourth-order valence-corrected chi connectivity index (χ4v) is 1.53. The molecule has 0 saturated carbocycles. The Morgan fingerprint density at radius 2 is 2.25 bits per heavy atom. The highest BCUT2D eigenvalue weighted by molar-refractivity contribution is 5.43. The minimum Gasteiger partial charge on any atom is -0.353 e. The van der Waals surface area contributed by atoms with Crippen LogP contribution in [0.25, 0.3) is 0 Å². The lowest BCUT2D eigenvalue weighted by Gasteiger charge is -2.46. The number of hydrogen-bond donors (Lipinski definition) is 1. The number of anilines is 1. The van der Waals surface area contributed by atoms with Crippen LogP contribution in [0.4, 0.5) is 5.82 Å². The highest BCUT2D eigenvalue weighted by atomic mass is 15.3. The van der Waals surface area contributed by atoms with E-state index in [-0.39, 0.29) is 5.54 Å². The zero-order valence-electron chi connectivity index (χ0n) is 7.20. The van der Waals surface area contributed by atoms with Crippen LogP contribution in [0.5, 0.6) is 0 Å². The maximum absolute atomic E-state index is 5.88. The molecule has 0 aromatic carbocycles. The van der Waals surface area contributed by atoms with Gasteiger partial charge in [0.05, 0.1) is 0 Å². The molecule has 1 aromatic heterocycles. The largest absolute Gasteiger partial charge is 0.353 e. The SMILES string of the molecule is CC1(N)CN(c2ccccn2)C1. The average molecular weight is 163 g/mol. The fraction of sp³-hybridized carbons (Fsp3) is 0.444. The summed E-state index contributed by atoms with van der Waals surface area (Å²) in [5.41, 5.74) is 5.86. The summed E-state index contributed by atoms with van der Waals surface area (Å²) in [5.74, 6) is 1.03. The smallest absolute Gasteiger partial charge is 0.128 e. The summed E-state index contributed by atoms with van der Waals surface area (Å²) >= 11 is 0. The van der Waals surface area contributed by atoms with Gasteiger partial charge in [-0.15, -0.1) is 0 Å². The van der Waals surface area contributed by atoms with E-state index in [2.05, 4.69) is 16.8 Å². The Morgan fingerprint density at radius 3 is 2.75 bits per heavy atom. The van der Waals surface area contributed by atoms with Gasteiger partial charge in [0.2, 0.25) is 0 Å². The molecular weight excluding hydrogens is 150 g/mol. The average Bonchev–Trinajstić information content (AvgIpc) is 2.02. The maximum Gasteiger partial charge on any atom is 0.128 e. The molecular formula is C9H13N3. The molecule has 0 spiro atoms. The molecule has 2 rings (SSSR count). The summed E-state index contributed by atoms with van der Waals surface area (Å²) in [6.45, 7) is 3.88. The van der Waals surface area contributed by atoms with Crippen molar-refractivity contribution in [2.24, 2.45) is 5.73 Å². The molecule has 0 bridgehead atoms. The van der Waals surface area contributed by atoms with Crippen molar-refractivity contribution in [3.63, 3.8) is 0 Å². The molecule has 0 radical (unpaired) electrons. The summed E-state index contributed by atoms with van der Waals surface area (Å²) in [5, 5.41) is 0. The van der Waals surface area contributed by atoms with Gasteiger partial charge >= 0.3 is 0 Å². The van der Waals surface area contributed by atoms with Crippen molar-refractivity contribution in [2.75, 3.05) is 18.0 Å². The van der Waals surface area contributed by atoms with Crippen molar-refractivity contribution in [1.82, 2.24) is 4.98 Å². The minimum absolute atomic E-state index is 0.0163. The molecule has 1 aliphatic heterocycles. The van der Waals surface area contributed by atoms with E-state index in [0.29, 0.717) is 0 Å². The standard InChI is InChI=1S/C9H13N3/c1-9(10)6-12(7-9)8-4-2-3-5-11-8/h2-5H,6-7,10H2,1H3. The van der Waals surface area contributed by atoms with E-state index >= 15 is 0 Å². The van der Waals surface area contributed by atoms with Crippen LogP contribution in [0.15, 0.2) is 24.4 Å². The Labute approximate surface area is 72.2 Å². The number of aromatic nitrogens is 1. The summed E-state index contributed by atoms with van der Waals surface area (Å²) in [7, 11) is 0. The van der Waals surface area contributed by atoms with E-state index in [1.807, 2.05) is 24.4 Å². The highest BCUT2D eigenvalue weighted by Crippen LogP contribution is 2.22. The van der Waals surface area contributed by atoms with Crippen molar-refractivity contribution in [3.8, 4) is 0 Å². The quantitative estimate of drug-likeness (QED) is 0.660. The van der Waals surface area contributed by atoms with Crippen LogP contribution in [0, 0.1) is 0 Å². The Kier molecular flexibility index (Phi) is 1.54. The first-order valence-electron chi connectivity index (χ1n) is 4.12. The van der Waals surface area contributed by atoms with Crippen molar-refractivity contribution >= 4 is 5.82 Å². The molecule has 0 atom stereocenters. The van der Waals surface area contributed by atoms with Crippen LogP contribution in [-0.2, 0) is 0 Å². The van der Waals surface area contributed by atoms with Gasteiger partial charge in [-0.25, -0.2) is 4.98 Å². The van der Waals surface area contributed by atoms with Gasteiger partial charge in [0.25, 0.3) is 0 Å². The lowest BCUT2D eigenvalue weighted by Crippen LogP contribution is -2.65. The Hall–Kier alpha value is -1.09. The van der Waals surface area contributed by atoms with Crippen LogP contribution >= 0.6 is 0 Å². The van der Waals surface area contributed by atoms with E-state index in [9.17, 15) is 0 Å². The minimum atomic E-state index is -0.0163. The Bertz CT molecular complexity index is 260. The van der Waals surface area contributed by atoms with E-state index in [4.69, 9.17) is 5.73 Å². The second-order valence-electron chi connectivity index (χ2n) is 3.70. The van der Waals surface area contributed by atoms with Crippen molar-refractivity contribution < 1.29 is 0 Å². The van der Waals surface area contributed by atoms with Gasteiger partial charge in [-0.05, 0) is 19.1 Å². The first kappa shape index (κ1) is 7.55. The number of nitrogens with two attached hydrogens (primary N) is 1. The first-order chi connectivity index (χ1) is 5.67. The zero-order valence-corrected chi connectivity index (χ0v) is 7.20.